The van der Waals surface area contributed by atoms with Crippen LogP contribution in [-0.2, 0) is 14.4 Å². The molecule has 0 unspecified atom stereocenters. The minimum absolute atomic E-state index is 0.271. The third kappa shape index (κ3) is 9.77. The van der Waals surface area contributed by atoms with Crippen molar-refractivity contribution in [3.63, 3.8) is 0 Å². The van der Waals surface area contributed by atoms with Gasteiger partial charge < -0.3 is 21.0 Å². The van der Waals surface area contributed by atoms with Gasteiger partial charge in [-0.05, 0) is 19.4 Å². The SMILES string of the molecule is NCCCCCCCC(=O)N[C@H](C=O)CC(=O)O. The molecule has 0 aromatic carbocycles. The number of carboxylic acids is 1. The zero-order chi connectivity index (χ0) is 13.8. The van der Waals surface area contributed by atoms with E-state index in [1.807, 2.05) is 0 Å². The van der Waals surface area contributed by atoms with Crippen molar-refractivity contribution >= 4 is 18.2 Å². The average Bonchev–Trinajstić information content (AvgIpc) is 2.32. The van der Waals surface area contributed by atoms with E-state index in [1.54, 1.807) is 0 Å². The summed E-state index contributed by atoms with van der Waals surface area (Å²) in [5, 5.41) is 10.9. The van der Waals surface area contributed by atoms with Gasteiger partial charge in [-0.3, -0.25) is 9.59 Å². The molecule has 0 bridgehead atoms. The van der Waals surface area contributed by atoms with Crippen molar-refractivity contribution in [2.24, 2.45) is 5.73 Å². The van der Waals surface area contributed by atoms with Crippen LogP contribution in [0.3, 0.4) is 0 Å². The second-order valence-electron chi connectivity index (χ2n) is 4.21. The Hall–Kier alpha value is -1.43. The van der Waals surface area contributed by atoms with Crippen molar-refractivity contribution < 1.29 is 19.5 Å². The fourth-order valence-electron chi connectivity index (χ4n) is 1.56. The summed E-state index contributed by atoms with van der Waals surface area (Å²) in [6, 6.07) is -0.924. The largest absolute Gasteiger partial charge is 0.481 e. The number of nitrogens with one attached hydrogen (secondary N) is 1. The first kappa shape index (κ1) is 16.6. The zero-order valence-corrected chi connectivity index (χ0v) is 10.6. The number of nitrogens with two attached hydrogens (primary N) is 1. The summed E-state index contributed by atoms with van der Waals surface area (Å²) in [5.74, 6) is -1.37. The van der Waals surface area contributed by atoms with Gasteiger partial charge in [-0.25, -0.2) is 0 Å². The third-order valence-corrected chi connectivity index (χ3v) is 2.51. The number of hydrogen-bond acceptors (Lipinski definition) is 4. The van der Waals surface area contributed by atoms with Gasteiger partial charge in [-0.2, -0.15) is 0 Å². The summed E-state index contributed by atoms with van der Waals surface area (Å²) in [7, 11) is 0. The number of aliphatic carboxylic acids is 1. The number of rotatable bonds is 11. The van der Waals surface area contributed by atoms with Gasteiger partial charge >= 0.3 is 5.97 Å². The Morgan fingerprint density at radius 2 is 1.78 bits per heavy atom. The quantitative estimate of drug-likeness (QED) is 0.368. The van der Waals surface area contributed by atoms with Crippen molar-refractivity contribution in [3.05, 3.63) is 0 Å². The molecule has 6 nitrogen and oxygen atoms in total. The van der Waals surface area contributed by atoms with Crippen LogP contribution in [0.4, 0.5) is 0 Å². The predicted molar refractivity (Wildman–Crippen MR) is 67.0 cm³/mol. The second-order valence-corrected chi connectivity index (χ2v) is 4.21. The molecule has 0 radical (unpaired) electrons. The summed E-state index contributed by atoms with van der Waals surface area (Å²) in [6.45, 7) is 0.691. The van der Waals surface area contributed by atoms with E-state index in [1.165, 1.54) is 0 Å². The molecule has 1 atom stereocenters. The molecule has 0 fully saturated rings. The fraction of sp³-hybridized carbons (Fsp3) is 0.750. The van der Waals surface area contributed by atoms with E-state index >= 15 is 0 Å². The Balaban J connectivity index is 3.62. The summed E-state index contributed by atoms with van der Waals surface area (Å²) in [6.07, 6.45) is 5.20. The van der Waals surface area contributed by atoms with Crippen LogP contribution >= 0.6 is 0 Å². The monoisotopic (exact) mass is 258 g/mol. The molecule has 0 rings (SSSR count). The van der Waals surface area contributed by atoms with E-state index in [2.05, 4.69) is 5.32 Å². The maximum atomic E-state index is 11.4. The molecule has 0 aromatic rings. The highest BCUT2D eigenvalue weighted by Gasteiger charge is 2.14. The van der Waals surface area contributed by atoms with Crippen LogP contribution in [0.2, 0.25) is 0 Å². The molecule has 1 amide bonds. The smallest absolute Gasteiger partial charge is 0.305 e. The second kappa shape index (κ2) is 10.7. The molecule has 6 heteroatoms. The molecule has 18 heavy (non-hydrogen) atoms. The highest BCUT2D eigenvalue weighted by molar-refractivity contribution is 5.82. The molecule has 0 saturated carbocycles. The lowest BCUT2D eigenvalue weighted by Crippen LogP contribution is -2.37. The number of amides is 1. The number of carbonyl (C=O) groups is 3. The average molecular weight is 258 g/mol. The van der Waals surface area contributed by atoms with Crippen molar-refractivity contribution in [2.75, 3.05) is 6.54 Å². The molecule has 0 saturated heterocycles. The van der Waals surface area contributed by atoms with Gasteiger partial charge in [-0.1, -0.05) is 19.3 Å². The first-order valence-corrected chi connectivity index (χ1v) is 6.26. The molecule has 0 spiro atoms. The van der Waals surface area contributed by atoms with Gasteiger partial charge in [0.2, 0.25) is 5.91 Å². The van der Waals surface area contributed by atoms with E-state index in [0.717, 1.165) is 32.1 Å². The van der Waals surface area contributed by atoms with Crippen LogP contribution in [0, 0.1) is 0 Å². The normalized spacial score (nSPS) is 11.8. The van der Waals surface area contributed by atoms with Gasteiger partial charge in [0.15, 0.2) is 0 Å². The molecule has 0 heterocycles. The topological polar surface area (TPSA) is 109 Å². The van der Waals surface area contributed by atoms with Crippen LogP contribution in [0.5, 0.6) is 0 Å². The van der Waals surface area contributed by atoms with E-state index in [-0.39, 0.29) is 12.3 Å². The van der Waals surface area contributed by atoms with Crippen molar-refractivity contribution in [3.8, 4) is 0 Å². The van der Waals surface area contributed by atoms with Gasteiger partial charge in [0.1, 0.15) is 6.29 Å². The lowest BCUT2D eigenvalue weighted by atomic mass is 10.1. The van der Waals surface area contributed by atoms with Gasteiger partial charge in [-0.15, -0.1) is 0 Å². The van der Waals surface area contributed by atoms with Gasteiger partial charge in [0, 0.05) is 6.42 Å². The van der Waals surface area contributed by atoms with E-state index < -0.39 is 12.0 Å². The first-order valence-electron chi connectivity index (χ1n) is 6.26. The Bertz CT molecular complexity index is 269. The highest BCUT2D eigenvalue weighted by atomic mass is 16.4. The summed E-state index contributed by atoms with van der Waals surface area (Å²) < 4.78 is 0. The van der Waals surface area contributed by atoms with Crippen LogP contribution in [0.15, 0.2) is 0 Å². The Labute approximate surface area is 107 Å². The Morgan fingerprint density at radius 3 is 2.33 bits per heavy atom. The lowest BCUT2D eigenvalue weighted by molar-refractivity contribution is -0.138. The first-order chi connectivity index (χ1) is 8.60. The number of unbranched alkanes of at least 4 members (excludes halogenated alkanes) is 4. The number of hydrogen-bond donors (Lipinski definition) is 3. The fourth-order valence-corrected chi connectivity index (χ4v) is 1.56. The molecule has 104 valence electrons. The molecule has 0 aliphatic rings. The summed E-state index contributed by atoms with van der Waals surface area (Å²) >= 11 is 0. The molecule has 0 aromatic heterocycles. The molecule has 4 N–H and O–H groups in total. The standard InChI is InChI=1S/C12H22N2O4/c13-7-5-3-1-2-4-6-11(16)14-10(9-15)8-12(17)18/h9-10H,1-8,13H2,(H,14,16)(H,17,18)/t10-/m0/s1. The van der Waals surface area contributed by atoms with Crippen molar-refractivity contribution in [1.29, 1.82) is 0 Å². The maximum absolute atomic E-state index is 11.4. The number of carboxylic acid groups (broad SMARTS) is 1. The summed E-state index contributed by atoms with van der Waals surface area (Å²) in [5.41, 5.74) is 5.36. The minimum Gasteiger partial charge on any atom is -0.481 e. The number of carbonyl (C=O) groups excluding carboxylic acids is 2. The molecular formula is C12H22N2O4. The van der Waals surface area contributed by atoms with Gasteiger partial charge in [0.25, 0.3) is 0 Å². The van der Waals surface area contributed by atoms with Crippen LogP contribution < -0.4 is 11.1 Å². The van der Waals surface area contributed by atoms with Gasteiger partial charge in [0.05, 0.1) is 12.5 Å². The zero-order valence-electron chi connectivity index (χ0n) is 10.6. The molecule has 0 aliphatic heterocycles. The lowest BCUT2D eigenvalue weighted by Gasteiger charge is -2.10. The van der Waals surface area contributed by atoms with Crippen molar-refractivity contribution in [2.45, 2.75) is 51.0 Å². The van der Waals surface area contributed by atoms with E-state index in [9.17, 15) is 14.4 Å². The Morgan fingerprint density at radius 1 is 1.17 bits per heavy atom. The van der Waals surface area contributed by atoms with Crippen LogP contribution in [0.1, 0.15) is 44.9 Å². The van der Waals surface area contributed by atoms with E-state index in [0.29, 0.717) is 19.3 Å². The van der Waals surface area contributed by atoms with Crippen LogP contribution in [0.25, 0.3) is 0 Å². The van der Waals surface area contributed by atoms with E-state index in [4.69, 9.17) is 10.8 Å². The Kier molecular flexibility index (Phi) is 9.86. The van der Waals surface area contributed by atoms with Crippen molar-refractivity contribution in [1.82, 2.24) is 5.32 Å². The van der Waals surface area contributed by atoms with Crippen LogP contribution in [-0.4, -0.2) is 35.9 Å². The predicted octanol–water partition coefficient (Wildman–Crippen LogP) is 0.444. The molecular weight excluding hydrogens is 236 g/mol. The molecule has 0 aliphatic carbocycles. The number of aldehydes is 1. The maximum Gasteiger partial charge on any atom is 0.305 e. The highest BCUT2D eigenvalue weighted by Crippen LogP contribution is 2.05. The minimum atomic E-state index is -1.10. The third-order valence-electron chi connectivity index (χ3n) is 2.51. The summed E-state index contributed by atoms with van der Waals surface area (Å²) in [4.78, 5) is 32.3.